The number of aliphatic imine (C=N–C) groups is 1. The molecule has 1 atom stereocenters. The number of nitro benzene ring substituents is 1. The van der Waals surface area contributed by atoms with Crippen molar-refractivity contribution in [1.29, 1.82) is 0 Å². The zero-order valence-corrected chi connectivity index (χ0v) is 8.41. The Labute approximate surface area is 91.5 Å². The molecule has 0 unspecified atom stereocenters. The number of hydrogen-bond acceptors (Lipinski definition) is 4. The summed E-state index contributed by atoms with van der Waals surface area (Å²) in [5, 5.41) is 20.0. The number of nitro groups is 1. The second kappa shape index (κ2) is 5.08. The highest BCUT2D eigenvalue weighted by atomic mass is 16.6. The summed E-state index contributed by atoms with van der Waals surface area (Å²) in [6.45, 7) is 0.0279. The zero-order chi connectivity index (χ0) is 12.1. The molecule has 7 nitrogen and oxygen atoms in total. The van der Waals surface area contributed by atoms with Gasteiger partial charge in [-0.25, -0.2) is 0 Å². The van der Waals surface area contributed by atoms with Crippen molar-refractivity contribution in [3.05, 3.63) is 39.9 Å². The molecule has 0 aromatic heterocycles. The molecule has 0 aliphatic heterocycles. The fourth-order valence-corrected chi connectivity index (χ4v) is 1.12. The average Bonchev–Trinajstić information content (AvgIpc) is 2.26. The lowest BCUT2D eigenvalue weighted by molar-refractivity contribution is -0.384. The molecular formula is C9H12N4O3. The molecule has 0 saturated carbocycles. The van der Waals surface area contributed by atoms with E-state index in [1.54, 1.807) is 0 Å². The van der Waals surface area contributed by atoms with Gasteiger partial charge in [-0.3, -0.25) is 15.1 Å². The van der Waals surface area contributed by atoms with Gasteiger partial charge < -0.3 is 16.6 Å². The Morgan fingerprint density at radius 1 is 1.44 bits per heavy atom. The number of rotatable bonds is 4. The monoisotopic (exact) mass is 224 g/mol. The number of nitrogens with zero attached hydrogens (tertiary/aromatic N) is 2. The summed E-state index contributed by atoms with van der Waals surface area (Å²) in [5.74, 6) is -0.110. The summed E-state index contributed by atoms with van der Waals surface area (Å²) in [6, 6.07) is 5.55. The predicted octanol–water partition coefficient (Wildman–Crippen LogP) is -0.0984. The molecule has 86 valence electrons. The number of non-ortho nitro benzene ring substituents is 1. The number of aliphatic hydroxyl groups is 1. The van der Waals surface area contributed by atoms with Crippen LogP contribution < -0.4 is 11.5 Å². The SMILES string of the molecule is NC(N)=NC[C@H](O)c1ccc([N+](=O)[O-])cc1. The smallest absolute Gasteiger partial charge is 0.269 e. The Morgan fingerprint density at radius 2 is 2.00 bits per heavy atom. The van der Waals surface area contributed by atoms with Gasteiger partial charge in [-0.05, 0) is 17.7 Å². The lowest BCUT2D eigenvalue weighted by Crippen LogP contribution is -2.23. The molecule has 16 heavy (non-hydrogen) atoms. The summed E-state index contributed by atoms with van der Waals surface area (Å²) in [6.07, 6.45) is -0.872. The average molecular weight is 224 g/mol. The molecule has 0 fully saturated rings. The Morgan fingerprint density at radius 3 is 2.44 bits per heavy atom. The van der Waals surface area contributed by atoms with E-state index in [2.05, 4.69) is 4.99 Å². The third kappa shape index (κ3) is 3.21. The molecule has 1 rings (SSSR count). The maximum atomic E-state index is 10.4. The van der Waals surface area contributed by atoms with Crippen LogP contribution in [-0.2, 0) is 0 Å². The van der Waals surface area contributed by atoms with Crippen molar-refractivity contribution >= 4 is 11.6 Å². The third-order valence-electron chi connectivity index (χ3n) is 1.94. The second-order valence-electron chi connectivity index (χ2n) is 3.13. The fourth-order valence-electron chi connectivity index (χ4n) is 1.12. The summed E-state index contributed by atoms with van der Waals surface area (Å²) in [4.78, 5) is 13.5. The minimum absolute atomic E-state index is 0.0279. The van der Waals surface area contributed by atoms with Gasteiger partial charge in [0.25, 0.3) is 5.69 Å². The maximum absolute atomic E-state index is 10.4. The number of benzene rings is 1. The van der Waals surface area contributed by atoms with E-state index in [1.165, 1.54) is 24.3 Å². The van der Waals surface area contributed by atoms with E-state index in [0.29, 0.717) is 5.56 Å². The first-order valence-electron chi connectivity index (χ1n) is 4.48. The lowest BCUT2D eigenvalue weighted by atomic mass is 10.1. The Kier molecular flexibility index (Phi) is 3.78. The minimum atomic E-state index is -0.872. The molecule has 7 heteroatoms. The van der Waals surface area contributed by atoms with E-state index in [4.69, 9.17) is 11.5 Å². The summed E-state index contributed by atoms with van der Waals surface area (Å²) in [7, 11) is 0. The van der Waals surface area contributed by atoms with Crippen molar-refractivity contribution in [2.75, 3.05) is 6.54 Å². The van der Waals surface area contributed by atoms with E-state index in [9.17, 15) is 15.2 Å². The highest BCUT2D eigenvalue weighted by Gasteiger charge is 2.09. The Balaban J connectivity index is 2.74. The van der Waals surface area contributed by atoms with Crippen LogP contribution in [0.4, 0.5) is 5.69 Å². The van der Waals surface area contributed by atoms with Crippen LogP contribution in [0.15, 0.2) is 29.3 Å². The first-order valence-corrected chi connectivity index (χ1v) is 4.48. The Hall–Kier alpha value is -2.15. The summed E-state index contributed by atoms with van der Waals surface area (Å²) >= 11 is 0. The lowest BCUT2D eigenvalue weighted by Gasteiger charge is -2.07. The van der Waals surface area contributed by atoms with Crippen molar-refractivity contribution < 1.29 is 10.0 Å². The van der Waals surface area contributed by atoms with Crippen LogP contribution in [0.2, 0.25) is 0 Å². The molecule has 0 amide bonds. The van der Waals surface area contributed by atoms with Crippen molar-refractivity contribution in [2.24, 2.45) is 16.5 Å². The van der Waals surface area contributed by atoms with Gasteiger partial charge in [-0.2, -0.15) is 0 Å². The molecular weight excluding hydrogens is 212 g/mol. The van der Waals surface area contributed by atoms with E-state index < -0.39 is 11.0 Å². The fraction of sp³-hybridized carbons (Fsp3) is 0.222. The molecule has 5 N–H and O–H groups in total. The quantitative estimate of drug-likeness (QED) is 0.285. The highest BCUT2D eigenvalue weighted by molar-refractivity contribution is 5.75. The normalized spacial score (nSPS) is 11.8. The second-order valence-corrected chi connectivity index (χ2v) is 3.13. The van der Waals surface area contributed by atoms with Crippen LogP contribution in [0.25, 0.3) is 0 Å². The molecule has 1 aromatic rings. The molecule has 0 spiro atoms. The van der Waals surface area contributed by atoms with E-state index in [0.717, 1.165) is 0 Å². The van der Waals surface area contributed by atoms with Gasteiger partial charge in [0.2, 0.25) is 0 Å². The molecule has 0 aliphatic rings. The zero-order valence-electron chi connectivity index (χ0n) is 8.41. The van der Waals surface area contributed by atoms with Crippen LogP contribution in [-0.4, -0.2) is 22.5 Å². The standard InChI is InChI=1S/C9H12N4O3/c10-9(11)12-5-8(14)6-1-3-7(4-2-6)13(15)16/h1-4,8,14H,5H2,(H4,10,11,12)/t8-/m0/s1. The first-order chi connectivity index (χ1) is 7.50. The topological polar surface area (TPSA) is 128 Å². The number of guanidine groups is 1. The van der Waals surface area contributed by atoms with Gasteiger partial charge in [0.05, 0.1) is 17.6 Å². The van der Waals surface area contributed by atoms with E-state index in [-0.39, 0.29) is 18.2 Å². The van der Waals surface area contributed by atoms with Gasteiger partial charge in [-0.1, -0.05) is 0 Å². The number of hydrogen-bond donors (Lipinski definition) is 3. The molecule has 1 aromatic carbocycles. The van der Waals surface area contributed by atoms with Crippen LogP contribution in [0, 0.1) is 10.1 Å². The third-order valence-corrected chi connectivity index (χ3v) is 1.94. The van der Waals surface area contributed by atoms with Crippen molar-refractivity contribution in [2.45, 2.75) is 6.10 Å². The molecule has 0 heterocycles. The molecule has 0 radical (unpaired) electrons. The van der Waals surface area contributed by atoms with Gasteiger partial charge in [-0.15, -0.1) is 0 Å². The summed E-state index contributed by atoms with van der Waals surface area (Å²) < 4.78 is 0. The maximum Gasteiger partial charge on any atom is 0.269 e. The van der Waals surface area contributed by atoms with Gasteiger partial charge >= 0.3 is 0 Å². The van der Waals surface area contributed by atoms with E-state index in [1.807, 2.05) is 0 Å². The molecule has 0 bridgehead atoms. The first kappa shape index (κ1) is 11.9. The molecule has 0 saturated heterocycles. The van der Waals surface area contributed by atoms with Crippen molar-refractivity contribution in [3.8, 4) is 0 Å². The van der Waals surface area contributed by atoms with Crippen LogP contribution >= 0.6 is 0 Å². The predicted molar refractivity (Wildman–Crippen MR) is 58.7 cm³/mol. The largest absolute Gasteiger partial charge is 0.386 e. The Bertz CT molecular complexity index is 398. The minimum Gasteiger partial charge on any atom is -0.386 e. The number of nitrogens with two attached hydrogens (primary N) is 2. The van der Waals surface area contributed by atoms with Gasteiger partial charge in [0.15, 0.2) is 5.96 Å². The van der Waals surface area contributed by atoms with Crippen molar-refractivity contribution in [3.63, 3.8) is 0 Å². The highest BCUT2D eigenvalue weighted by Crippen LogP contribution is 2.17. The summed E-state index contributed by atoms with van der Waals surface area (Å²) in [5.41, 5.74) is 10.7. The van der Waals surface area contributed by atoms with Gasteiger partial charge in [0.1, 0.15) is 0 Å². The van der Waals surface area contributed by atoms with E-state index >= 15 is 0 Å². The van der Waals surface area contributed by atoms with Crippen LogP contribution in [0.3, 0.4) is 0 Å². The van der Waals surface area contributed by atoms with Crippen LogP contribution in [0.1, 0.15) is 11.7 Å². The van der Waals surface area contributed by atoms with Crippen LogP contribution in [0.5, 0.6) is 0 Å². The van der Waals surface area contributed by atoms with Crippen molar-refractivity contribution in [1.82, 2.24) is 0 Å². The number of aliphatic hydroxyl groups excluding tert-OH is 1. The molecule has 0 aliphatic carbocycles. The van der Waals surface area contributed by atoms with Gasteiger partial charge in [0, 0.05) is 12.1 Å².